The number of carbonyl (C=O) groups excluding carboxylic acids is 1. The lowest BCUT2D eigenvalue weighted by Gasteiger charge is -2.19. The predicted octanol–water partition coefficient (Wildman–Crippen LogP) is 1.54. The van der Waals surface area contributed by atoms with Crippen LogP contribution in [0.25, 0.3) is 0 Å². The Bertz CT molecular complexity index is 639. The van der Waals surface area contributed by atoms with Gasteiger partial charge < -0.3 is 15.5 Å². The Kier molecular flexibility index (Phi) is 4.80. The first-order chi connectivity index (χ1) is 11.2. The Morgan fingerprint density at radius 2 is 2.17 bits per heavy atom. The van der Waals surface area contributed by atoms with Gasteiger partial charge in [-0.1, -0.05) is 18.2 Å². The number of rotatable bonds is 5. The van der Waals surface area contributed by atoms with E-state index >= 15 is 0 Å². The zero-order valence-corrected chi connectivity index (χ0v) is 13.4. The summed E-state index contributed by atoms with van der Waals surface area (Å²) >= 11 is 0. The molecule has 1 aliphatic heterocycles. The summed E-state index contributed by atoms with van der Waals surface area (Å²) in [5.74, 6) is 0. The molecule has 1 atom stereocenters. The molecule has 0 saturated carbocycles. The fourth-order valence-corrected chi connectivity index (χ4v) is 2.91. The van der Waals surface area contributed by atoms with Gasteiger partial charge in [0.25, 0.3) is 0 Å². The molecule has 1 aromatic heterocycles. The first-order valence-corrected chi connectivity index (χ1v) is 8.02. The van der Waals surface area contributed by atoms with Gasteiger partial charge in [-0.25, -0.2) is 4.79 Å². The van der Waals surface area contributed by atoms with Crippen LogP contribution in [0.3, 0.4) is 0 Å². The summed E-state index contributed by atoms with van der Waals surface area (Å²) in [6.45, 7) is 2.46. The lowest BCUT2D eigenvalue weighted by molar-refractivity contribution is 0.238. The number of hydrogen-bond acceptors (Lipinski definition) is 3. The van der Waals surface area contributed by atoms with Gasteiger partial charge in [0.2, 0.25) is 0 Å². The van der Waals surface area contributed by atoms with Gasteiger partial charge >= 0.3 is 6.03 Å². The minimum absolute atomic E-state index is 0.0891. The molecular formula is C17H23N5O. The number of carbonyl (C=O) groups is 1. The fraction of sp³-hybridized carbons (Fsp3) is 0.412. The minimum atomic E-state index is -0.0891. The van der Waals surface area contributed by atoms with Crippen LogP contribution in [0.1, 0.15) is 12.0 Å². The molecule has 0 aliphatic carbocycles. The molecule has 122 valence electrons. The number of urea groups is 1. The summed E-state index contributed by atoms with van der Waals surface area (Å²) in [5.41, 5.74) is 2.35. The van der Waals surface area contributed by atoms with Crippen molar-refractivity contribution in [3.8, 4) is 0 Å². The number of aryl methyl sites for hydroxylation is 1. The molecular weight excluding hydrogens is 290 g/mol. The van der Waals surface area contributed by atoms with Gasteiger partial charge in [0.1, 0.15) is 0 Å². The van der Waals surface area contributed by atoms with E-state index in [2.05, 4.69) is 32.8 Å². The van der Waals surface area contributed by atoms with Crippen molar-refractivity contribution in [2.45, 2.75) is 18.9 Å². The van der Waals surface area contributed by atoms with Crippen LogP contribution in [0.15, 0.2) is 42.7 Å². The molecule has 1 aromatic carbocycles. The summed E-state index contributed by atoms with van der Waals surface area (Å²) in [6.07, 6.45) is 5.57. The second-order valence-corrected chi connectivity index (χ2v) is 5.94. The van der Waals surface area contributed by atoms with Gasteiger partial charge in [-0.15, -0.1) is 0 Å². The van der Waals surface area contributed by atoms with Crippen molar-refractivity contribution in [3.63, 3.8) is 0 Å². The van der Waals surface area contributed by atoms with Crippen molar-refractivity contribution >= 4 is 11.7 Å². The van der Waals surface area contributed by atoms with E-state index in [9.17, 15) is 4.79 Å². The van der Waals surface area contributed by atoms with E-state index in [0.717, 1.165) is 31.5 Å². The van der Waals surface area contributed by atoms with Crippen molar-refractivity contribution in [3.05, 3.63) is 48.3 Å². The van der Waals surface area contributed by atoms with E-state index in [4.69, 9.17) is 0 Å². The Hall–Kier alpha value is -2.50. The molecule has 2 N–H and O–H groups in total. The van der Waals surface area contributed by atoms with Crippen molar-refractivity contribution in [1.29, 1.82) is 0 Å². The zero-order chi connectivity index (χ0) is 16.1. The van der Waals surface area contributed by atoms with Crippen LogP contribution < -0.4 is 15.5 Å². The molecule has 1 saturated heterocycles. The third kappa shape index (κ3) is 4.25. The number of nitrogens with one attached hydrogen (secondary N) is 2. The highest BCUT2D eigenvalue weighted by Gasteiger charge is 2.23. The summed E-state index contributed by atoms with van der Waals surface area (Å²) in [6, 6.07) is 10.4. The lowest BCUT2D eigenvalue weighted by atomic mass is 10.2. The van der Waals surface area contributed by atoms with E-state index < -0.39 is 0 Å². The van der Waals surface area contributed by atoms with Crippen LogP contribution in [0.4, 0.5) is 10.5 Å². The van der Waals surface area contributed by atoms with Gasteiger partial charge in [0.05, 0.1) is 6.20 Å². The highest BCUT2D eigenvalue weighted by atomic mass is 16.2. The maximum absolute atomic E-state index is 12.0. The largest absolute Gasteiger partial charge is 0.369 e. The number of aromatic nitrogens is 2. The van der Waals surface area contributed by atoms with Crippen LogP contribution in [-0.2, 0) is 13.5 Å². The summed E-state index contributed by atoms with van der Waals surface area (Å²) in [4.78, 5) is 14.3. The van der Waals surface area contributed by atoms with E-state index in [0.29, 0.717) is 6.54 Å². The lowest BCUT2D eigenvalue weighted by Crippen LogP contribution is -2.43. The summed E-state index contributed by atoms with van der Waals surface area (Å²) < 4.78 is 1.77. The summed E-state index contributed by atoms with van der Waals surface area (Å²) in [5, 5.41) is 10.1. The van der Waals surface area contributed by atoms with Gasteiger partial charge in [-0.2, -0.15) is 5.10 Å². The number of amides is 2. The summed E-state index contributed by atoms with van der Waals surface area (Å²) in [7, 11) is 1.89. The highest BCUT2D eigenvalue weighted by Crippen LogP contribution is 2.19. The molecule has 23 heavy (non-hydrogen) atoms. The standard InChI is InChI=1S/C17H23N5O/c1-21-12-14(11-19-21)7-9-18-17(23)20-15-8-10-22(13-15)16-5-3-2-4-6-16/h2-6,11-12,15H,7-10,13H2,1H3,(H2,18,20,23)/t15-/m1/s1. The minimum Gasteiger partial charge on any atom is -0.369 e. The van der Waals surface area contributed by atoms with Gasteiger partial charge in [0.15, 0.2) is 0 Å². The normalized spacial score (nSPS) is 17.3. The highest BCUT2D eigenvalue weighted by molar-refractivity contribution is 5.74. The third-order valence-electron chi connectivity index (χ3n) is 4.10. The van der Waals surface area contributed by atoms with Crippen molar-refractivity contribution in [2.75, 3.05) is 24.5 Å². The molecule has 6 nitrogen and oxygen atoms in total. The Labute approximate surface area is 136 Å². The first kappa shape index (κ1) is 15.4. The molecule has 2 amide bonds. The molecule has 6 heteroatoms. The average molecular weight is 313 g/mol. The van der Waals surface area contributed by atoms with Crippen LogP contribution >= 0.6 is 0 Å². The molecule has 1 aliphatic rings. The van der Waals surface area contributed by atoms with Crippen molar-refractivity contribution < 1.29 is 4.79 Å². The van der Waals surface area contributed by atoms with Gasteiger partial charge in [0, 0.05) is 44.6 Å². The predicted molar refractivity (Wildman–Crippen MR) is 90.5 cm³/mol. The van der Waals surface area contributed by atoms with Gasteiger partial charge in [-0.3, -0.25) is 4.68 Å². The molecule has 2 heterocycles. The molecule has 3 rings (SSSR count). The smallest absolute Gasteiger partial charge is 0.315 e. The zero-order valence-electron chi connectivity index (χ0n) is 13.4. The molecule has 1 fully saturated rings. The molecule has 0 radical (unpaired) electrons. The van der Waals surface area contributed by atoms with Crippen LogP contribution in [-0.4, -0.2) is 41.5 Å². The van der Waals surface area contributed by atoms with E-state index in [1.807, 2.05) is 37.6 Å². The fourth-order valence-electron chi connectivity index (χ4n) is 2.91. The Morgan fingerprint density at radius 3 is 2.91 bits per heavy atom. The number of nitrogens with zero attached hydrogens (tertiary/aromatic N) is 3. The topological polar surface area (TPSA) is 62.2 Å². The second kappa shape index (κ2) is 7.17. The quantitative estimate of drug-likeness (QED) is 0.880. The maximum atomic E-state index is 12.0. The monoisotopic (exact) mass is 313 g/mol. The van der Waals surface area contributed by atoms with E-state index in [1.54, 1.807) is 4.68 Å². The van der Waals surface area contributed by atoms with E-state index in [1.165, 1.54) is 5.69 Å². The van der Waals surface area contributed by atoms with Crippen LogP contribution in [0.2, 0.25) is 0 Å². The Morgan fingerprint density at radius 1 is 1.35 bits per heavy atom. The van der Waals surface area contributed by atoms with Gasteiger partial charge in [-0.05, 0) is 30.5 Å². The number of para-hydroxylation sites is 1. The number of benzene rings is 1. The second-order valence-electron chi connectivity index (χ2n) is 5.94. The molecule has 0 unspecified atom stereocenters. The molecule has 2 aromatic rings. The molecule has 0 spiro atoms. The maximum Gasteiger partial charge on any atom is 0.315 e. The van der Waals surface area contributed by atoms with Crippen molar-refractivity contribution in [1.82, 2.24) is 20.4 Å². The third-order valence-corrected chi connectivity index (χ3v) is 4.10. The van der Waals surface area contributed by atoms with Crippen molar-refractivity contribution in [2.24, 2.45) is 7.05 Å². The van der Waals surface area contributed by atoms with E-state index in [-0.39, 0.29) is 12.1 Å². The van der Waals surface area contributed by atoms with Crippen LogP contribution in [0.5, 0.6) is 0 Å². The number of hydrogen-bond donors (Lipinski definition) is 2. The SMILES string of the molecule is Cn1cc(CCNC(=O)N[C@@H]2CCN(c3ccccc3)C2)cn1. The average Bonchev–Trinajstić information content (AvgIpc) is 3.17. The Balaban J connectivity index is 1.39. The molecule has 0 bridgehead atoms. The first-order valence-electron chi connectivity index (χ1n) is 8.02. The van der Waals surface area contributed by atoms with Crippen LogP contribution in [0, 0.1) is 0 Å². The number of anilines is 1.